The molecule has 0 aliphatic carbocycles. The van der Waals surface area contributed by atoms with Gasteiger partial charge < -0.3 is 10.1 Å². The Bertz CT molecular complexity index is 710. The molecule has 0 fully saturated rings. The lowest BCUT2D eigenvalue weighted by Gasteiger charge is -2.18. The minimum Gasteiger partial charge on any atom is -0.484 e. The molecule has 0 radical (unpaired) electrons. The fraction of sp³-hybridized carbons (Fsp3) is 0.333. The Balaban J connectivity index is 1.83. The van der Waals surface area contributed by atoms with Gasteiger partial charge in [-0.1, -0.05) is 24.3 Å². The fourth-order valence-electron chi connectivity index (χ4n) is 2.86. The van der Waals surface area contributed by atoms with E-state index in [4.69, 9.17) is 4.74 Å². The first kappa shape index (κ1) is 15.9. The molecule has 3 rings (SSSR count). The quantitative estimate of drug-likeness (QED) is 0.912. The topological polar surface area (TPSA) is 21.3 Å². The third-order valence-corrected chi connectivity index (χ3v) is 4.00. The van der Waals surface area contributed by atoms with Gasteiger partial charge in [0.2, 0.25) is 0 Å². The maximum Gasteiger partial charge on any atom is 0.422 e. The van der Waals surface area contributed by atoms with Crippen molar-refractivity contribution in [2.75, 3.05) is 13.2 Å². The second kappa shape index (κ2) is 6.24. The molecule has 1 aliphatic rings. The molecule has 0 amide bonds. The number of aryl methyl sites for hydroxylation is 1. The lowest BCUT2D eigenvalue weighted by molar-refractivity contribution is -0.153. The monoisotopic (exact) mass is 321 g/mol. The third-order valence-electron chi connectivity index (χ3n) is 4.00. The number of ether oxygens (including phenoxy) is 1. The number of benzene rings is 2. The van der Waals surface area contributed by atoms with Crippen LogP contribution in [0.15, 0.2) is 36.4 Å². The number of nitrogens with one attached hydrogen (secondary N) is 1. The van der Waals surface area contributed by atoms with E-state index in [0.29, 0.717) is 0 Å². The smallest absolute Gasteiger partial charge is 0.422 e. The standard InChI is InChI=1S/C18H18F3NO/c1-12-8-16(23-11-18(19,20)21)4-5-17(12)14-2-3-15-10-22-7-6-13(15)9-14/h2-5,8-9,22H,6-7,10-11H2,1H3. The summed E-state index contributed by atoms with van der Waals surface area (Å²) >= 11 is 0. The summed E-state index contributed by atoms with van der Waals surface area (Å²) in [4.78, 5) is 0. The molecule has 0 aromatic heterocycles. The second-order valence-corrected chi connectivity index (χ2v) is 5.79. The average molecular weight is 321 g/mol. The van der Waals surface area contributed by atoms with Crippen LogP contribution in [0.2, 0.25) is 0 Å². The summed E-state index contributed by atoms with van der Waals surface area (Å²) < 4.78 is 41.4. The highest BCUT2D eigenvalue weighted by Gasteiger charge is 2.28. The van der Waals surface area contributed by atoms with Gasteiger partial charge in [0, 0.05) is 6.54 Å². The van der Waals surface area contributed by atoms with Crippen molar-refractivity contribution in [2.45, 2.75) is 26.1 Å². The first-order valence-electron chi connectivity index (χ1n) is 7.55. The molecule has 2 aromatic carbocycles. The third kappa shape index (κ3) is 3.85. The zero-order valence-corrected chi connectivity index (χ0v) is 12.8. The van der Waals surface area contributed by atoms with E-state index in [1.54, 1.807) is 12.1 Å². The molecule has 0 saturated carbocycles. The molecule has 0 atom stereocenters. The van der Waals surface area contributed by atoms with E-state index in [1.165, 1.54) is 11.1 Å². The van der Waals surface area contributed by atoms with Crippen LogP contribution in [0.5, 0.6) is 5.75 Å². The normalized spacial score (nSPS) is 14.4. The molecule has 2 nitrogen and oxygen atoms in total. The molecule has 5 heteroatoms. The van der Waals surface area contributed by atoms with Crippen molar-refractivity contribution in [3.05, 3.63) is 53.1 Å². The summed E-state index contributed by atoms with van der Waals surface area (Å²) in [6.07, 6.45) is -3.33. The van der Waals surface area contributed by atoms with Gasteiger partial charge in [-0.3, -0.25) is 0 Å². The highest BCUT2D eigenvalue weighted by Crippen LogP contribution is 2.30. The molecule has 0 bridgehead atoms. The van der Waals surface area contributed by atoms with Gasteiger partial charge in [0.1, 0.15) is 5.75 Å². The van der Waals surface area contributed by atoms with Crippen molar-refractivity contribution in [3.63, 3.8) is 0 Å². The number of rotatable bonds is 3. The molecule has 23 heavy (non-hydrogen) atoms. The van der Waals surface area contributed by atoms with Gasteiger partial charge in [0.15, 0.2) is 6.61 Å². The van der Waals surface area contributed by atoms with Gasteiger partial charge in [-0.15, -0.1) is 0 Å². The Hall–Kier alpha value is -2.01. The highest BCUT2D eigenvalue weighted by molar-refractivity contribution is 5.69. The molecule has 2 aromatic rings. The van der Waals surface area contributed by atoms with Crippen LogP contribution in [0, 0.1) is 6.92 Å². The summed E-state index contributed by atoms with van der Waals surface area (Å²) in [5, 5.41) is 3.34. The van der Waals surface area contributed by atoms with Crippen LogP contribution in [0.4, 0.5) is 13.2 Å². The van der Waals surface area contributed by atoms with Gasteiger partial charge in [0.25, 0.3) is 0 Å². The van der Waals surface area contributed by atoms with E-state index in [0.717, 1.165) is 36.2 Å². The summed E-state index contributed by atoms with van der Waals surface area (Å²) in [7, 11) is 0. The van der Waals surface area contributed by atoms with Gasteiger partial charge in [-0.05, 0) is 59.8 Å². The van der Waals surface area contributed by atoms with Crippen LogP contribution in [0.1, 0.15) is 16.7 Å². The van der Waals surface area contributed by atoms with E-state index >= 15 is 0 Å². The van der Waals surface area contributed by atoms with Crippen molar-refractivity contribution in [2.24, 2.45) is 0 Å². The molecule has 0 spiro atoms. The van der Waals surface area contributed by atoms with Crippen LogP contribution < -0.4 is 10.1 Å². The molecule has 122 valence electrons. The molecule has 1 heterocycles. The highest BCUT2D eigenvalue weighted by atomic mass is 19.4. The molecule has 0 unspecified atom stereocenters. The van der Waals surface area contributed by atoms with Crippen molar-refractivity contribution in [1.29, 1.82) is 0 Å². The minimum absolute atomic E-state index is 0.241. The van der Waals surface area contributed by atoms with Gasteiger partial charge in [-0.2, -0.15) is 13.2 Å². The second-order valence-electron chi connectivity index (χ2n) is 5.79. The van der Waals surface area contributed by atoms with Gasteiger partial charge in [-0.25, -0.2) is 0 Å². The van der Waals surface area contributed by atoms with Crippen molar-refractivity contribution in [3.8, 4) is 16.9 Å². The SMILES string of the molecule is Cc1cc(OCC(F)(F)F)ccc1-c1ccc2c(c1)CCNC2. The lowest BCUT2D eigenvalue weighted by atomic mass is 9.93. The van der Waals surface area contributed by atoms with E-state index in [2.05, 4.69) is 23.5 Å². The number of hydrogen-bond donors (Lipinski definition) is 1. The molecular weight excluding hydrogens is 303 g/mol. The summed E-state index contributed by atoms with van der Waals surface area (Å²) in [6, 6.07) is 11.4. The number of hydrogen-bond acceptors (Lipinski definition) is 2. The average Bonchev–Trinajstić information content (AvgIpc) is 2.52. The first-order chi connectivity index (χ1) is 10.9. The summed E-state index contributed by atoms with van der Waals surface area (Å²) in [5.41, 5.74) is 5.65. The van der Waals surface area contributed by atoms with E-state index in [-0.39, 0.29) is 5.75 Å². The zero-order valence-electron chi connectivity index (χ0n) is 12.8. The number of alkyl halides is 3. The largest absolute Gasteiger partial charge is 0.484 e. The van der Waals surface area contributed by atoms with Crippen LogP contribution in [-0.2, 0) is 13.0 Å². The Morgan fingerprint density at radius 3 is 2.65 bits per heavy atom. The minimum atomic E-state index is -4.32. The Kier molecular flexibility index (Phi) is 4.31. The molecule has 0 saturated heterocycles. The van der Waals surface area contributed by atoms with Gasteiger partial charge in [0.05, 0.1) is 0 Å². The zero-order chi connectivity index (χ0) is 16.4. The van der Waals surface area contributed by atoms with Gasteiger partial charge >= 0.3 is 6.18 Å². The molecule has 1 N–H and O–H groups in total. The lowest BCUT2D eigenvalue weighted by Crippen LogP contribution is -2.23. The van der Waals surface area contributed by atoms with Crippen LogP contribution >= 0.6 is 0 Å². The summed E-state index contributed by atoms with van der Waals surface area (Å²) in [5.74, 6) is 0.241. The van der Waals surface area contributed by atoms with Crippen LogP contribution in [0.25, 0.3) is 11.1 Å². The Morgan fingerprint density at radius 1 is 1.09 bits per heavy atom. The fourth-order valence-corrected chi connectivity index (χ4v) is 2.86. The predicted molar refractivity (Wildman–Crippen MR) is 83.6 cm³/mol. The molecular formula is C18H18F3NO. The Labute approximate surface area is 133 Å². The van der Waals surface area contributed by atoms with Crippen molar-refractivity contribution < 1.29 is 17.9 Å². The van der Waals surface area contributed by atoms with E-state index in [9.17, 15) is 13.2 Å². The number of halogens is 3. The van der Waals surface area contributed by atoms with Crippen LogP contribution in [-0.4, -0.2) is 19.3 Å². The maximum absolute atomic E-state index is 12.2. The predicted octanol–water partition coefficient (Wildman–Crippen LogP) is 4.25. The number of fused-ring (bicyclic) bond motifs is 1. The van der Waals surface area contributed by atoms with E-state index < -0.39 is 12.8 Å². The maximum atomic E-state index is 12.2. The Morgan fingerprint density at radius 2 is 1.91 bits per heavy atom. The summed E-state index contributed by atoms with van der Waals surface area (Å²) in [6.45, 7) is 2.48. The van der Waals surface area contributed by atoms with Crippen LogP contribution in [0.3, 0.4) is 0 Å². The van der Waals surface area contributed by atoms with Crippen molar-refractivity contribution >= 4 is 0 Å². The van der Waals surface area contributed by atoms with E-state index in [1.807, 2.05) is 13.0 Å². The molecule has 1 aliphatic heterocycles. The van der Waals surface area contributed by atoms with Crippen molar-refractivity contribution in [1.82, 2.24) is 5.32 Å². The first-order valence-corrected chi connectivity index (χ1v) is 7.55.